The molecular formula is C12H11N3OS. The van der Waals surface area contributed by atoms with Gasteiger partial charge in [-0.05, 0) is 26.0 Å². The number of aryl methyl sites for hydroxylation is 2. The SMILES string of the molecule is Cc1cc(C)cc(-c2nnc(SCC#N)o2)c1. The molecule has 1 aromatic heterocycles. The molecule has 0 bridgehead atoms. The first-order valence-corrected chi connectivity index (χ1v) is 6.09. The summed E-state index contributed by atoms with van der Waals surface area (Å²) >= 11 is 1.24. The van der Waals surface area contributed by atoms with Crippen LogP contribution in [0.1, 0.15) is 11.1 Å². The Hall–Kier alpha value is -1.80. The molecule has 86 valence electrons. The quantitative estimate of drug-likeness (QED) is 0.778. The van der Waals surface area contributed by atoms with Gasteiger partial charge in [0.2, 0.25) is 5.89 Å². The Kier molecular flexibility index (Phi) is 3.45. The summed E-state index contributed by atoms with van der Waals surface area (Å²) in [7, 11) is 0. The van der Waals surface area contributed by atoms with Gasteiger partial charge in [-0.2, -0.15) is 5.26 Å². The summed E-state index contributed by atoms with van der Waals surface area (Å²) in [4.78, 5) is 0. The maximum absolute atomic E-state index is 8.46. The Labute approximate surface area is 104 Å². The van der Waals surface area contributed by atoms with E-state index in [9.17, 15) is 0 Å². The van der Waals surface area contributed by atoms with Gasteiger partial charge in [0, 0.05) is 5.56 Å². The van der Waals surface area contributed by atoms with Crippen molar-refractivity contribution in [1.82, 2.24) is 10.2 Å². The molecule has 0 radical (unpaired) electrons. The highest BCUT2D eigenvalue weighted by molar-refractivity contribution is 7.99. The van der Waals surface area contributed by atoms with E-state index in [0.29, 0.717) is 16.9 Å². The summed E-state index contributed by atoms with van der Waals surface area (Å²) in [6.45, 7) is 4.05. The summed E-state index contributed by atoms with van der Waals surface area (Å²) in [5.74, 6) is 0.811. The summed E-state index contributed by atoms with van der Waals surface area (Å²) in [6, 6.07) is 8.11. The van der Waals surface area contributed by atoms with Gasteiger partial charge < -0.3 is 4.42 Å². The fraction of sp³-hybridized carbons (Fsp3) is 0.250. The molecule has 0 unspecified atom stereocenters. The van der Waals surface area contributed by atoms with Crippen LogP contribution < -0.4 is 0 Å². The van der Waals surface area contributed by atoms with Gasteiger partial charge in [-0.25, -0.2) is 0 Å². The zero-order chi connectivity index (χ0) is 12.3. The third-order valence-electron chi connectivity index (χ3n) is 2.14. The molecule has 0 N–H and O–H groups in total. The third-order valence-corrected chi connectivity index (χ3v) is 2.82. The molecule has 0 aliphatic carbocycles. The molecule has 0 aliphatic rings. The highest BCUT2D eigenvalue weighted by Gasteiger charge is 2.09. The molecule has 0 saturated heterocycles. The fourth-order valence-electron chi connectivity index (χ4n) is 1.58. The Balaban J connectivity index is 2.27. The first kappa shape index (κ1) is 11.7. The summed E-state index contributed by atoms with van der Waals surface area (Å²) in [5.41, 5.74) is 3.23. The van der Waals surface area contributed by atoms with Gasteiger partial charge in [0.25, 0.3) is 5.22 Å². The van der Waals surface area contributed by atoms with Gasteiger partial charge in [0.05, 0.1) is 11.8 Å². The number of nitriles is 1. The molecule has 4 nitrogen and oxygen atoms in total. The van der Waals surface area contributed by atoms with Crippen molar-refractivity contribution in [2.45, 2.75) is 19.1 Å². The van der Waals surface area contributed by atoms with Crippen LogP contribution in [0.3, 0.4) is 0 Å². The summed E-state index contributed by atoms with van der Waals surface area (Å²) < 4.78 is 5.47. The van der Waals surface area contributed by atoms with Gasteiger partial charge in [-0.1, -0.05) is 29.0 Å². The van der Waals surface area contributed by atoms with E-state index in [0.717, 1.165) is 16.7 Å². The summed E-state index contributed by atoms with van der Waals surface area (Å²) in [5, 5.41) is 16.8. The first-order valence-electron chi connectivity index (χ1n) is 5.11. The molecule has 2 rings (SSSR count). The van der Waals surface area contributed by atoms with Crippen molar-refractivity contribution in [3.05, 3.63) is 29.3 Å². The lowest BCUT2D eigenvalue weighted by atomic mass is 10.1. The van der Waals surface area contributed by atoms with E-state index in [-0.39, 0.29) is 0 Å². The third kappa shape index (κ3) is 2.86. The van der Waals surface area contributed by atoms with E-state index < -0.39 is 0 Å². The van der Waals surface area contributed by atoms with Crippen LogP contribution >= 0.6 is 11.8 Å². The lowest BCUT2D eigenvalue weighted by Crippen LogP contribution is -1.82. The maximum Gasteiger partial charge on any atom is 0.277 e. The second-order valence-corrected chi connectivity index (χ2v) is 4.62. The minimum Gasteiger partial charge on any atom is -0.411 e. The van der Waals surface area contributed by atoms with Crippen molar-refractivity contribution in [2.75, 3.05) is 5.75 Å². The predicted octanol–water partition coefficient (Wildman–Crippen LogP) is 2.97. The molecule has 0 aliphatic heterocycles. The van der Waals surface area contributed by atoms with Crippen LogP contribution in [0.25, 0.3) is 11.5 Å². The highest BCUT2D eigenvalue weighted by atomic mass is 32.2. The van der Waals surface area contributed by atoms with Gasteiger partial charge in [-0.15, -0.1) is 10.2 Å². The Morgan fingerprint density at radius 1 is 1.24 bits per heavy atom. The number of hydrogen-bond acceptors (Lipinski definition) is 5. The van der Waals surface area contributed by atoms with Crippen LogP contribution in [0.2, 0.25) is 0 Å². The van der Waals surface area contributed by atoms with E-state index in [2.05, 4.69) is 16.3 Å². The zero-order valence-electron chi connectivity index (χ0n) is 9.60. The summed E-state index contributed by atoms with van der Waals surface area (Å²) in [6.07, 6.45) is 0. The predicted molar refractivity (Wildman–Crippen MR) is 65.5 cm³/mol. The highest BCUT2D eigenvalue weighted by Crippen LogP contribution is 2.24. The van der Waals surface area contributed by atoms with Gasteiger partial charge in [0.15, 0.2) is 0 Å². The number of rotatable bonds is 3. The molecule has 1 aromatic carbocycles. The normalized spacial score (nSPS) is 10.2. The fourth-order valence-corrected chi connectivity index (χ4v) is 2.00. The molecule has 17 heavy (non-hydrogen) atoms. The van der Waals surface area contributed by atoms with E-state index in [4.69, 9.17) is 9.68 Å². The minimum atomic E-state index is 0.314. The van der Waals surface area contributed by atoms with Crippen molar-refractivity contribution in [3.63, 3.8) is 0 Å². The number of nitrogens with zero attached hydrogens (tertiary/aromatic N) is 3. The maximum atomic E-state index is 8.46. The molecule has 0 atom stereocenters. The van der Waals surface area contributed by atoms with Crippen LogP contribution in [-0.2, 0) is 0 Å². The van der Waals surface area contributed by atoms with Gasteiger partial charge in [0.1, 0.15) is 0 Å². The monoisotopic (exact) mass is 245 g/mol. The van der Waals surface area contributed by atoms with Crippen LogP contribution in [-0.4, -0.2) is 16.0 Å². The molecule has 0 spiro atoms. The molecule has 0 fully saturated rings. The van der Waals surface area contributed by atoms with Crippen LogP contribution in [0.4, 0.5) is 0 Å². The Morgan fingerprint density at radius 2 is 1.94 bits per heavy atom. The number of hydrogen-bond donors (Lipinski definition) is 0. The lowest BCUT2D eigenvalue weighted by molar-refractivity contribution is 0.466. The van der Waals surface area contributed by atoms with E-state index in [1.807, 2.05) is 32.0 Å². The Morgan fingerprint density at radius 3 is 2.59 bits per heavy atom. The molecule has 1 heterocycles. The molecule has 5 heteroatoms. The van der Waals surface area contributed by atoms with Crippen molar-refractivity contribution in [3.8, 4) is 17.5 Å². The van der Waals surface area contributed by atoms with E-state index >= 15 is 0 Å². The standard InChI is InChI=1S/C12H11N3OS/c1-8-5-9(2)7-10(6-8)11-14-15-12(16-11)17-4-3-13/h5-7H,4H2,1-2H3. The average Bonchev–Trinajstić information content (AvgIpc) is 2.73. The minimum absolute atomic E-state index is 0.314. The number of thioether (sulfide) groups is 1. The topological polar surface area (TPSA) is 62.7 Å². The first-order chi connectivity index (χ1) is 8.19. The molecular weight excluding hydrogens is 234 g/mol. The zero-order valence-corrected chi connectivity index (χ0v) is 10.4. The molecule has 0 amide bonds. The van der Waals surface area contributed by atoms with Gasteiger partial charge in [-0.3, -0.25) is 0 Å². The molecule has 0 saturated carbocycles. The van der Waals surface area contributed by atoms with Gasteiger partial charge >= 0.3 is 0 Å². The second kappa shape index (κ2) is 5.02. The van der Waals surface area contributed by atoms with Crippen molar-refractivity contribution < 1.29 is 4.42 Å². The lowest BCUT2D eigenvalue weighted by Gasteiger charge is -1.99. The largest absolute Gasteiger partial charge is 0.411 e. The van der Waals surface area contributed by atoms with Crippen molar-refractivity contribution in [2.24, 2.45) is 0 Å². The smallest absolute Gasteiger partial charge is 0.277 e. The van der Waals surface area contributed by atoms with Crippen LogP contribution in [0.5, 0.6) is 0 Å². The molecule has 2 aromatic rings. The van der Waals surface area contributed by atoms with Crippen LogP contribution in [0.15, 0.2) is 27.8 Å². The van der Waals surface area contributed by atoms with E-state index in [1.165, 1.54) is 11.8 Å². The Bertz CT molecular complexity index is 551. The second-order valence-electron chi connectivity index (χ2n) is 3.70. The number of benzene rings is 1. The van der Waals surface area contributed by atoms with E-state index in [1.54, 1.807) is 0 Å². The van der Waals surface area contributed by atoms with Crippen molar-refractivity contribution in [1.29, 1.82) is 5.26 Å². The number of aromatic nitrogens is 2. The van der Waals surface area contributed by atoms with Crippen molar-refractivity contribution >= 4 is 11.8 Å². The average molecular weight is 245 g/mol. The van der Waals surface area contributed by atoms with Crippen LogP contribution in [0, 0.1) is 25.2 Å².